The first-order valence-corrected chi connectivity index (χ1v) is 6.58. The molecular weight excluding hydrogens is 234 g/mol. The van der Waals surface area contributed by atoms with E-state index in [1.54, 1.807) is 0 Å². The summed E-state index contributed by atoms with van der Waals surface area (Å²) >= 11 is 0. The highest BCUT2D eigenvalue weighted by atomic mass is 16.1. The van der Waals surface area contributed by atoms with Gasteiger partial charge in [0.25, 0.3) is 0 Å². The van der Waals surface area contributed by atoms with E-state index in [1.165, 1.54) is 0 Å². The van der Waals surface area contributed by atoms with Gasteiger partial charge in [-0.25, -0.2) is 0 Å². The van der Waals surface area contributed by atoms with Gasteiger partial charge in [-0.15, -0.1) is 0 Å². The van der Waals surface area contributed by atoms with Crippen molar-refractivity contribution < 1.29 is 4.79 Å². The van der Waals surface area contributed by atoms with Gasteiger partial charge in [0.15, 0.2) is 5.78 Å². The van der Waals surface area contributed by atoms with Crippen LogP contribution < -0.4 is 5.73 Å². The molecule has 2 aromatic carbocycles. The summed E-state index contributed by atoms with van der Waals surface area (Å²) in [5, 5.41) is 0. The van der Waals surface area contributed by atoms with E-state index in [1.807, 2.05) is 55.5 Å². The second-order valence-electron chi connectivity index (χ2n) is 4.72. The molecule has 0 aliphatic rings. The summed E-state index contributed by atoms with van der Waals surface area (Å²) in [4.78, 5) is 12.4. The molecule has 0 spiro atoms. The fourth-order valence-corrected chi connectivity index (χ4v) is 2.24. The molecule has 19 heavy (non-hydrogen) atoms. The lowest BCUT2D eigenvalue weighted by atomic mass is 9.95. The number of hydrogen-bond acceptors (Lipinski definition) is 2. The Labute approximate surface area is 114 Å². The molecule has 0 atom stereocenters. The van der Waals surface area contributed by atoms with Gasteiger partial charge in [-0.2, -0.15) is 0 Å². The summed E-state index contributed by atoms with van der Waals surface area (Å²) < 4.78 is 0. The molecular formula is C17H19NO. The summed E-state index contributed by atoms with van der Waals surface area (Å²) in [5.74, 6) is 0.165. The molecule has 0 unspecified atom stereocenters. The van der Waals surface area contributed by atoms with Crippen LogP contribution in [0.3, 0.4) is 0 Å². The Morgan fingerprint density at radius 2 is 1.63 bits per heavy atom. The molecule has 0 fully saturated rings. The summed E-state index contributed by atoms with van der Waals surface area (Å²) in [6, 6.07) is 15.8. The molecule has 98 valence electrons. The molecule has 2 aromatic rings. The van der Waals surface area contributed by atoms with Crippen LogP contribution in [-0.2, 0) is 12.8 Å². The lowest BCUT2D eigenvalue weighted by molar-refractivity contribution is 0.0992. The zero-order valence-electron chi connectivity index (χ0n) is 11.2. The average molecular weight is 253 g/mol. The van der Waals surface area contributed by atoms with Gasteiger partial charge in [0.05, 0.1) is 0 Å². The Hall–Kier alpha value is -1.93. The van der Waals surface area contributed by atoms with Crippen LogP contribution in [0.25, 0.3) is 0 Å². The van der Waals surface area contributed by atoms with Gasteiger partial charge in [-0.3, -0.25) is 4.79 Å². The van der Waals surface area contributed by atoms with Gasteiger partial charge in [0.2, 0.25) is 0 Å². The molecule has 0 aromatic heterocycles. The Kier molecular flexibility index (Phi) is 4.48. The van der Waals surface area contributed by atoms with E-state index in [2.05, 4.69) is 0 Å². The molecule has 2 nitrogen and oxygen atoms in total. The highest BCUT2D eigenvalue weighted by Crippen LogP contribution is 2.15. The average Bonchev–Trinajstić information content (AvgIpc) is 2.42. The van der Waals surface area contributed by atoms with E-state index in [0.29, 0.717) is 13.0 Å². The van der Waals surface area contributed by atoms with Gasteiger partial charge >= 0.3 is 0 Å². The first-order valence-electron chi connectivity index (χ1n) is 6.58. The van der Waals surface area contributed by atoms with Crippen LogP contribution in [-0.4, -0.2) is 12.3 Å². The number of Topliss-reactive ketones (excluding diaryl/α,β-unsaturated/α-hetero) is 1. The van der Waals surface area contributed by atoms with Crippen molar-refractivity contribution >= 4 is 5.78 Å². The fraction of sp³-hybridized carbons (Fsp3) is 0.235. The predicted molar refractivity (Wildman–Crippen MR) is 78.4 cm³/mol. The number of carbonyl (C=O) groups excluding carboxylic acids is 1. The minimum absolute atomic E-state index is 0.165. The smallest absolute Gasteiger partial charge is 0.167 e. The first kappa shape index (κ1) is 13.5. The summed E-state index contributed by atoms with van der Waals surface area (Å²) in [6.07, 6.45) is 1.20. The number of rotatable bonds is 5. The largest absolute Gasteiger partial charge is 0.330 e. The van der Waals surface area contributed by atoms with Crippen molar-refractivity contribution in [2.24, 2.45) is 5.73 Å². The molecule has 0 aliphatic carbocycles. The van der Waals surface area contributed by atoms with Crippen LogP contribution in [0.15, 0.2) is 48.5 Å². The third-order valence-corrected chi connectivity index (χ3v) is 3.34. The van der Waals surface area contributed by atoms with Gasteiger partial charge in [-0.05, 0) is 36.6 Å². The van der Waals surface area contributed by atoms with Crippen molar-refractivity contribution in [2.75, 3.05) is 6.54 Å². The normalized spacial score (nSPS) is 10.4. The maximum Gasteiger partial charge on any atom is 0.167 e. The Morgan fingerprint density at radius 1 is 1.00 bits per heavy atom. The molecule has 2 N–H and O–H groups in total. The second kappa shape index (κ2) is 6.30. The van der Waals surface area contributed by atoms with Gasteiger partial charge in [0, 0.05) is 12.0 Å². The molecule has 2 heteroatoms. The summed E-state index contributed by atoms with van der Waals surface area (Å²) in [6.45, 7) is 2.60. The number of nitrogens with two attached hydrogens (primary N) is 1. The molecule has 0 saturated carbocycles. The fourth-order valence-electron chi connectivity index (χ4n) is 2.24. The lowest BCUT2D eigenvalue weighted by Gasteiger charge is -2.09. The van der Waals surface area contributed by atoms with Crippen molar-refractivity contribution in [3.63, 3.8) is 0 Å². The van der Waals surface area contributed by atoms with Crippen LogP contribution in [0, 0.1) is 6.92 Å². The number of ketones is 1. The SMILES string of the molecule is Cc1ccccc1CC(=O)c1ccccc1CCN. The van der Waals surface area contributed by atoms with Crippen LogP contribution >= 0.6 is 0 Å². The standard InChI is InChI=1S/C17H19NO/c1-13-6-2-3-8-15(13)12-17(19)16-9-5-4-7-14(16)10-11-18/h2-9H,10-12,18H2,1H3. The van der Waals surface area contributed by atoms with Crippen LogP contribution in [0.2, 0.25) is 0 Å². The van der Waals surface area contributed by atoms with Crippen molar-refractivity contribution in [1.82, 2.24) is 0 Å². The van der Waals surface area contributed by atoms with Crippen LogP contribution in [0.5, 0.6) is 0 Å². The third-order valence-electron chi connectivity index (χ3n) is 3.34. The molecule has 0 radical (unpaired) electrons. The highest BCUT2D eigenvalue weighted by molar-refractivity contribution is 5.99. The van der Waals surface area contributed by atoms with Crippen LogP contribution in [0.4, 0.5) is 0 Å². The zero-order valence-corrected chi connectivity index (χ0v) is 11.2. The molecule has 0 aliphatic heterocycles. The summed E-state index contributed by atoms with van der Waals surface area (Å²) in [5.41, 5.74) is 9.69. The highest BCUT2D eigenvalue weighted by Gasteiger charge is 2.12. The lowest BCUT2D eigenvalue weighted by Crippen LogP contribution is -2.11. The number of benzene rings is 2. The van der Waals surface area contributed by atoms with E-state index in [-0.39, 0.29) is 5.78 Å². The van der Waals surface area contributed by atoms with E-state index in [0.717, 1.165) is 28.7 Å². The van der Waals surface area contributed by atoms with Crippen molar-refractivity contribution in [2.45, 2.75) is 19.8 Å². The Bertz CT molecular complexity index is 575. The topological polar surface area (TPSA) is 43.1 Å². The maximum atomic E-state index is 12.4. The first-order chi connectivity index (χ1) is 9.22. The van der Waals surface area contributed by atoms with E-state index < -0.39 is 0 Å². The molecule has 0 saturated heterocycles. The van der Waals surface area contributed by atoms with Crippen molar-refractivity contribution in [1.29, 1.82) is 0 Å². The Morgan fingerprint density at radius 3 is 2.32 bits per heavy atom. The molecule has 0 bridgehead atoms. The van der Waals surface area contributed by atoms with Gasteiger partial charge in [0.1, 0.15) is 0 Å². The van der Waals surface area contributed by atoms with Gasteiger partial charge in [-0.1, -0.05) is 48.5 Å². The predicted octanol–water partition coefficient (Wildman–Crippen LogP) is 2.92. The van der Waals surface area contributed by atoms with E-state index in [4.69, 9.17) is 5.73 Å². The van der Waals surface area contributed by atoms with E-state index in [9.17, 15) is 4.79 Å². The molecule has 0 amide bonds. The Balaban J connectivity index is 2.23. The van der Waals surface area contributed by atoms with Gasteiger partial charge < -0.3 is 5.73 Å². The minimum atomic E-state index is 0.165. The second-order valence-corrected chi connectivity index (χ2v) is 4.72. The summed E-state index contributed by atoms with van der Waals surface area (Å²) in [7, 11) is 0. The van der Waals surface area contributed by atoms with Crippen molar-refractivity contribution in [3.05, 3.63) is 70.8 Å². The van der Waals surface area contributed by atoms with Crippen LogP contribution in [0.1, 0.15) is 27.0 Å². The van der Waals surface area contributed by atoms with Crippen molar-refractivity contribution in [3.8, 4) is 0 Å². The maximum absolute atomic E-state index is 12.4. The number of hydrogen-bond donors (Lipinski definition) is 1. The number of aryl methyl sites for hydroxylation is 1. The zero-order chi connectivity index (χ0) is 13.7. The molecule has 0 heterocycles. The number of carbonyl (C=O) groups is 1. The molecule has 2 rings (SSSR count). The third kappa shape index (κ3) is 3.30. The van der Waals surface area contributed by atoms with E-state index >= 15 is 0 Å². The minimum Gasteiger partial charge on any atom is -0.330 e. The quantitative estimate of drug-likeness (QED) is 0.833. The monoisotopic (exact) mass is 253 g/mol.